The molecule has 2 aliphatic heterocycles. The second kappa shape index (κ2) is 9.28. The van der Waals surface area contributed by atoms with Crippen LogP contribution in [0.1, 0.15) is 21.5 Å². The maximum atomic E-state index is 12.6. The van der Waals surface area contributed by atoms with Gasteiger partial charge >= 0.3 is 0 Å². The summed E-state index contributed by atoms with van der Waals surface area (Å²) in [5.41, 5.74) is 2.93. The van der Waals surface area contributed by atoms with E-state index in [0.29, 0.717) is 18.9 Å². The molecule has 32 heavy (non-hydrogen) atoms. The monoisotopic (exact) mass is 430 g/mol. The van der Waals surface area contributed by atoms with Crippen molar-refractivity contribution < 1.29 is 14.3 Å². The molecule has 1 amide bonds. The Bertz CT molecular complexity index is 1080. The Kier molecular flexibility index (Phi) is 5.89. The smallest absolute Gasteiger partial charge is 0.251 e. The lowest BCUT2D eigenvalue weighted by Crippen LogP contribution is -2.46. The Balaban J connectivity index is 1.15. The molecule has 3 heterocycles. The lowest BCUT2D eigenvalue weighted by atomic mass is 10.1. The Morgan fingerprint density at radius 2 is 1.72 bits per heavy atom. The third-order valence-corrected chi connectivity index (χ3v) is 5.84. The van der Waals surface area contributed by atoms with Gasteiger partial charge in [0.15, 0.2) is 11.5 Å². The summed E-state index contributed by atoms with van der Waals surface area (Å²) in [5.74, 6) is 2.41. The molecule has 1 aromatic heterocycles. The maximum Gasteiger partial charge on any atom is 0.251 e. The summed E-state index contributed by atoms with van der Waals surface area (Å²) in [6, 6.07) is 19.7. The van der Waals surface area contributed by atoms with Gasteiger partial charge in [0.05, 0.1) is 0 Å². The second-order valence-corrected chi connectivity index (χ2v) is 8.02. The van der Waals surface area contributed by atoms with Crippen molar-refractivity contribution in [2.24, 2.45) is 0 Å². The number of hydrogen-bond acceptors (Lipinski definition) is 6. The van der Waals surface area contributed by atoms with Gasteiger partial charge in [0.25, 0.3) is 5.91 Å². The zero-order valence-electron chi connectivity index (χ0n) is 17.9. The first kappa shape index (κ1) is 20.3. The minimum absolute atomic E-state index is 0.0843. The quantitative estimate of drug-likeness (QED) is 0.648. The number of carbonyl (C=O) groups is 1. The van der Waals surface area contributed by atoms with Gasteiger partial charge in [-0.15, -0.1) is 0 Å². The van der Waals surface area contributed by atoms with Crippen LogP contribution in [-0.4, -0.2) is 48.8 Å². The molecule has 0 saturated carbocycles. The molecule has 0 bridgehead atoms. The molecular weight excluding hydrogens is 404 g/mol. The number of piperazine rings is 1. The minimum atomic E-state index is -0.0843. The molecular formula is C25H26N4O3. The third kappa shape index (κ3) is 4.68. The van der Waals surface area contributed by atoms with Gasteiger partial charge in [0.2, 0.25) is 6.79 Å². The van der Waals surface area contributed by atoms with Gasteiger partial charge in [-0.25, -0.2) is 4.98 Å². The summed E-state index contributed by atoms with van der Waals surface area (Å²) in [7, 11) is 0. The fourth-order valence-corrected chi connectivity index (χ4v) is 4.05. The molecule has 2 aromatic carbocycles. The number of nitrogens with one attached hydrogen (secondary N) is 1. The lowest BCUT2D eigenvalue weighted by molar-refractivity contribution is 0.0950. The molecule has 7 heteroatoms. The van der Waals surface area contributed by atoms with Gasteiger partial charge < -0.3 is 19.7 Å². The van der Waals surface area contributed by atoms with Crippen molar-refractivity contribution >= 4 is 11.7 Å². The van der Waals surface area contributed by atoms with Gasteiger partial charge in [0.1, 0.15) is 5.82 Å². The van der Waals surface area contributed by atoms with Gasteiger partial charge in [-0.2, -0.15) is 0 Å². The number of rotatable bonds is 6. The van der Waals surface area contributed by atoms with E-state index < -0.39 is 0 Å². The number of aromatic nitrogens is 1. The second-order valence-electron chi connectivity index (χ2n) is 8.02. The number of nitrogens with zero attached hydrogens (tertiary/aromatic N) is 3. The molecule has 0 radical (unpaired) electrons. The number of ether oxygens (including phenoxy) is 2. The molecule has 0 unspecified atom stereocenters. The minimum Gasteiger partial charge on any atom is -0.454 e. The third-order valence-electron chi connectivity index (χ3n) is 5.84. The molecule has 5 rings (SSSR count). The van der Waals surface area contributed by atoms with Crippen LogP contribution in [0, 0.1) is 0 Å². The van der Waals surface area contributed by atoms with Crippen LogP contribution in [0.2, 0.25) is 0 Å². The van der Waals surface area contributed by atoms with Crippen LogP contribution >= 0.6 is 0 Å². The first-order valence-electron chi connectivity index (χ1n) is 10.9. The SMILES string of the molecule is O=C(NCc1ccccc1)c1ccnc(N2CCN(Cc3ccc4c(c3)OCO4)CC2)c1. The molecule has 1 N–H and O–H groups in total. The number of carbonyl (C=O) groups excluding carboxylic acids is 1. The Morgan fingerprint density at radius 3 is 2.56 bits per heavy atom. The van der Waals surface area contributed by atoms with E-state index in [2.05, 4.69) is 32.2 Å². The molecule has 7 nitrogen and oxygen atoms in total. The van der Waals surface area contributed by atoms with Crippen molar-refractivity contribution in [3.05, 3.63) is 83.6 Å². The van der Waals surface area contributed by atoms with Crippen molar-refractivity contribution in [2.75, 3.05) is 37.9 Å². The molecule has 3 aromatic rings. The van der Waals surface area contributed by atoms with Crippen LogP contribution < -0.4 is 19.7 Å². The number of fused-ring (bicyclic) bond motifs is 1. The van der Waals surface area contributed by atoms with E-state index in [1.165, 1.54) is 5.56 Å². The van der Waals surface area contributed by atoms with Crippen molar-refractivity contribution in [1.82, 2.24) is 15.2 Å². The Labute approximate surface area is 187 Å². The van der Waals surface area contributed by atoms with E-state index in [4.69, 9.17) is 9.47 Å². The van der Waals surface area contributed by atoms with E-state index in [-0.39, 0.29) is 5.91 Å². The highest BCUT2D eigenvalue weighted by molar-refractivity contribution is 5.94. The van der Waals surface area contributed by atoms with Crippen LogP contribution in [0.5, 0.6) is 11.5 Å². The number of amides is 1. The predicted octanol–water partition coefficient (Wildman–Crippen LogP) is 3.06. The van der Waals surface area contributed by atoms with E-state index in [0.717, 1.165) is 55.6 Å². The van der Waals surface area contributed by atoms with E-state index in [1.54, 1.807) is 12.3 Å². The molecule has 0 spiro atoms. The zero-order chi connectivity index (χ0) is 21.8. The summed E-state index contributed by atoms with van der Waals surface area (Å²) in [5, 5.41) is 2.98. The summed E-state index contributed by atoms with van der Waals surface area (Å²) < 4.78 is 10.9. The first-order valence-corrected chi connectivity index (χ1v) is 10.9. The van der Waals surface area contributed by atoms with E-state index >= 15 is 0 Å². The fraction of sp³-hybridized carbons (Fsp3) is 0.280. The molecule has 164 valence electrons. The number of pyridine rings is 1. The summed E-state index contributed by atoms with van der Waals surface area (Å²) >= 11 is 0. The van der Waals surface area contributed by atoms with Crippen LogP contribution in [0.4, 0.5) is 5.82 Å². The molecule has 0 atom stereocenters. The highest BCUT2D eigenvalue weighted by Crippen LogP contribution is 2.33. The normalized spacial score (nSPS) is 15.6. The largest absolute Gasteiger partial charge is 0.454 e. The summed E-state index contributed by atoms with van der Waals surface area (Å²) in [4.78, 5) is 21.8. The molecule has 0 aliphatic carbocycles. The van der Waals surface area contributed by atoms with Crippen LogP contribution in [0.15, 0.2) is 66.9 Å². The summed E-state index contributed by atoms with van der Waals surface area (Å²) in [6.07, 6.45) is 1.71. The highest BCUT2D eigenvalue weighted by Gasteiger charge is 2.20. The van der Waals surface area contributed by atoms with Crippen molar-refractivity contribution in [3.63, 3.8) is 0 Å². The highest BCUT2D eigenvalue weighted by atomic mass is 16.7. The Morgan fingerprint density at radius 1 is 0.906 bits per heavy atom. The first-order chi connectivity index (χ1) is 15.7. The molecule has 2 aliphatic rings. The lowest BCUT2D eigenvalue weighted by Gasteiger charge is -2.35. The summed E-state index contributed by atoms with van der Waals surface area (Å²) in [6.45, 7) is 5.28. The average Bonchev–Trinajstić information content (AvgIpc) is 3.32. The predicted molar refractivity (Wildman–Crippen MR) is 122 cm³/mol. The molecule has 1 saturated heterocycles. The molecule has 1 fully saturated rings. The van der Waals surface area contributed by atoms with Crippen LogP contribution in [-0.2, 0) is 13.1 Å². The number of anilines is 1. The number of benzene rings is 2. The van der Waals surface area contributed by atoms with Crippen molar-refractivity contribution in [2.45, 2.75) is 13.1 Å². The fourth-order valence-electron chi connectivity index (χ4n) is 4.05. The van der Waals surface area contributed by atoms with Crippen LogP contribution in [0.25, 0.3) is 0 Å². The number of hydrogen-bond donors (Lipinski definition) is 1. The standard InChI is InChI=1S/C25H26N4O3/c30-25(27-16-19-4-2-1-3-5-19)21-8-9-26-24(15-21)29-12-10-28(11-13-29)17-20-6-7-22-23(14-20)32-18-31-22/h1-9,14-15H,10-13,16-18H2,(H,27,30). The van der Waals surface area contributed by atoms with E-state index in [9.17, 15) is 4.79 Å². The van der Waals surface area contributed by atoms with Gasteiger partial charge in [-0.3, -0.25) is 9.69 Å². The van der Waals surface area contributed by atoms with E-state index in [1.807, 2.05) is 42.5 Å². The Hall–Kier alpha value is -3.58. The van der Waals surface area contributed by atoms with Crippen molar-refractivity contribution in [3.8, 4) is 11.5 Å². The average molecular weight is 431 g/mol. The van der Waals surface area contributed by atoms with Crippen LogP contribution in [0.3, 0.4) is 0 Å². The van der Waals surface area contributed by atoms with Gasteiger partial charge in [-0.05, 0) is 35.4 Å². The maximum absolute atomic E-state index is 12.6. The van der Waals surface area contributed by atoms with Gasteiger partial charge in [0, 0.05) is 51.0 Å². The van der Waals surface area contributed by atoms with Gasteiger partial charge in [-0.1, -0.05) is 36.4 Å². The van der Waals surface area contributed by atoms with Crippen molar-refractivity contribution in [1.29, 1.82) is 0 Å². The topological polar surface area (TPSA) is 66.9 Å². The zero-order valence-corrected chi connectivity index (χ0v) is 17.9.